The second kappa shape index (κ2) is 4.29. The topological polar surface area (TPSA) is 26.0 Å². The smallest absolute Gasteiger partial charge is 0.0540 e. The number of benzene rings is 2. The Morgan fingerprint density at radius 1 is 1.00 bits per heavy atom. The van der Waals surface area contributed by atoms with Crippen LogP contribution in [0, 0.1) is 0 Å². The summed E-state index contributed by atoms with van der Waals surface area (Å²) >= 11 is 7.82. The molecule has 0 aliphatic heterocycles. The molecule has 15 heavy (non-hydrogen) atoms. The van der Waals surface area contributed by atoms with E-state index in [0.717, 1.165) is 20.5 Å². The molecule has 76 valence electrons. The van der Waals surface area contributed by atoms with Crippen LogP contribution in [0.15, 0.2) is 51.8 Å². The van der Waals surface area contributed by atoms with Crippen molar-refractivity contribution in [2.75, 3.05) is 5.73 Å². The third-order valence-corrected chi connectivity index (χ3v) is 3.28. The number of nitrogens with two attached hydrogens (primary N) is 1. The largest absolute Gasteiger partial charge is 0.397 e. The molecule has 1 nitrogen and oxygen atoms in total. The zero-order valence-electron chi connectivity index (χ0n) is 7.94. The van der Waals surface area contributed by atoms with Crippen molar-refractivity contribution < 1.29 is 0 Å². The van der Waals surface area contributed by atoms with Gasteiger partial charge in [-0.2, -0.15) is 0 Å². The average Bonchev–Trinajstić information content (AvgIpc) is 2.26. The molecule has 3 heteroatoms. The molecule has 0 heterocycles. The minimum absolute atomic E-state index is 0.707. The van der Waals surface area contributed by atoms with E-state index in [0.29, 0.717) is 5.69 Å². The second-order valence-electron chi connectivity index (χ2n) is 3.22. The SMILES string of the molecule is Nc1c(S)ccc(Br)c1-c1ccccc1. The van der Waals surface area contributed by atoms with Crippen LogP contribution >= 0.6 is 28.6 Å². The molecule has 2 aromatic rings. The van der Waals surface area contributed by atoms with Crippen molar-refractivity contribution in [3.8, 4) is 11.1 Å². The highest BCUT2D eigenvalue weighted by molar-refractivity contribution is 9.10. The predicted octanol–water partition coefficient (Wildman–Crippen LogP) is 3.99. The Morgan fingerprint density at radius 3 is 2.33 bits per heavy atom. The fourth-order valence-electron chi connectivity index (χ4n) is 1.48. The Bertz CT molecular complexity index is 482. The Morgan fingerprint density at radius 2 is 1.67 bits per heavy atom. The normalized spacial score (nSPS) is 10.3. The first-order chi connectivity index (χ1) is 7.20. The van der Waals surface area contributed by atoms with Gasteiger partial charge >= 0.3 is 0 Å². The molecular weight excluding hydrogens is 270 g/mol. The van der Waals surface area contributed by atoms with Crippen LogP contribution in [-0.2, 0) is 0 Å². The zero-order chi connectivity index (χ0) is 10.8. The van der Waals surface area contributed by atoms with Crippen molar-refractivity contribution in [3.05, 3.63) is 46.9 Å². The Labute approximate surface area is 103 Å². The summed E-state index contributed by atoms with van der Waals surface area (Å²) < 4.78 is 0.990. The maximum Gasteiger partial charge on any atom is 0.0540 e. The average molecular weight is 280 g/mol. The Kier molecular flexibility index (Phi) is 3.03. The number of nitrogen functional groups attached to an aromatic ring is 1. The summed E-state index contributed by atoms with van der Waals surface area (Å²) in [5, 5.41) is 0. The lowest BCUT2D eigenvalue weighted by molar-refractivity contribution is 1.44. The molecule has 0 saturated heterocycles. The molecule has 0 amide bonds. The monoisotopic (exact) mass is 279 g/mol. The molecule has 2 rings (SSSR count). The van der Waals surface area contributed by atoms with Gasteiger partial charge in [-0.25, -0.2) is 0 Å². The van der Waals surface area contributed by atoms with Crippen LogP contribution < -0.4 is 5.73 Å². The van der Waals surface area contributed by atoms with Crippen LogP contribution in [0.5, 0.6) is 0 Å². The van der Waals surface area contributed by atoms with Crippen molar-refractivity contribution in [2.24, 2.45) is 0 Å². The molecule has 2 aromatic carbocycles. The van der Waals surface area contributed by atoms with Crippen LogP contribution in [0.25, 0.3) is 11.1 Å². The number of thiol groups is 1. The Balaban J connectivity index is 2.68. The van der Waals surface area contributed by atoms with Crippen LogP contribution in [-0.4, -0.2) is 0 Å². The summed E-state index contributed by atoms with van der Waals surface area (Å²) in [6.45, 7) is 0. The van der Waals surface area contributed by atoms with Crippen molar-refractivity contribution in [3.63, 3.8) is 0 Å². The van der Waals surface area contributed by atoms with Crippen LogP contribution in [0.2, 0.25) is 0 Å². The molecule has 0 spiro atoms. The Hall–Kier alpha value is -0.930. The van der Waals surface area contributed by atoms with E-state index in [1.807, 2.05) is 42.5 Å². The molecule has 0 atom stereocenters. The van der Waals surface area contributed by atoms with Crippen molar-refractivity contribution in [2.45, 2.75) is 4.90 Å². The van der Waals surface area contributed by atoms with Crippen molar-refractivity contribution >= 4 is 34.2 Å². The fraction of sp³-hybridized carbons (Fsp3) is 0. The molecule has 0 aliphatic rings. The van der Waals surface area contributed by atoms with E-state index in [9.17, 15) is 0 Å². The quantitative estimate of drug-likeness (QED) is 0.599. The first-order valence-electron chi connectivity index (χ1n) is 4.52. The number of hydrogen-bond acceptors (Lipinski definition) is 2. The van der Waals surface area contributed by atoms with E-state index in [4.69, 9.17) is 5.73 Å². The molecule has 0 fully saturated rings. The highest BCUT2D eigenvalue weighted by Gasteiger charge is 2.08. The summed E-state index contributed by atoms with van der Waals surface area (Å²) in [4.78, 5) is 0.803. The van der Waals surface area contributed by atoms with Gasteiger partial charge in [0, 0.05) is 14.9 Å². The van der Waals surface area contributed by atoms with Gasteiger partial charge in [0.05, 0.1) is 5.69 Å². The van der Waals surface area contributed by atoms with Crippen molar-refractivity contribution in [1.82, 2.24) is 0 Å². The van der Waals surface area contributed by atoms with Crippen molar-refractivity contribution in [1.29, 1.82) is 0 Å². The van der Waals surface area contributed by atoms with E-state index in [-0.39, 0.29) is 0 Å². The van der Waals surface area contributed by atoms with Gasteiger partial charge in [-0.3, -0.25) is 0 Å². The number of rotatable bonds is 1. The highest BCUT2D eigenvalue weighted by atomic mass is 79.9. The summed E-state index contributed by atoms with van der Waals surface area (Å²) in [5.41, 5.74) is 8.81. The molecule has 0 radical (unpaired) electrons. The molecule has 0 aliphatic carbocycles. The molecule has 0 unspecified atom stereocenters. The third kappa shape index (κ3) is 2.03. The number of halogens is 1. The van der Waals surface area contributed by atoms with Gasteiger partial charge < -0.3 is 5.73 Å². The zero-order valence-corrected chi connectivity index (χ0v) is 10.4. The van der Waals surface area contributed by atoms with E-state index in [1.165, 1.54) is 0 Å². The van der Waals surface area contributed by atoms with Crippen LogP contribution in [0.1, 0.15) is 0 Å². The van der Waals surface area contributed by atoms with Gasteiger partial charge in [-0.05, 0) is 17.7 Å². The van der Waals surface area contributed by atoms with E-state index in [1.54, 1.807) is 0 Å². The van der Waals surface area contributed by atoms with Gasteiger partial charge in [0.2, 0.25) is 0 Å². The van der Waals surface area contributed by atoms with Crippen LogP contribution in [0.3, 0.4) is 0 Å². The van der Waals surface area contributed by atoms with E-state index < -0.39 is 0 Å². The number of hydrogen-bond donors (Lipinski definition) is 2. The first-order valence-corrected chi connectivity index (χ1v) is 5.76. The fourth-order valence-corrected chi connectivity index (χ4v) is 2.24. The summed E-state index contributed by atoms with van der Waals surface area (Å²) in [6, 6.07) is 13.9. The van der Waals surface area contributed by atoms with E-state index in [2.05, 4.69) is 28.6 Å². The van der Waals surface area contributed by atoms with E-state index >= 15 is 0 Å². The highest BCUT2D eigenvalue weighted by Crippen LogP contribution is 2.36. The molecule has 0 saturated carbocycles. The minimum atomic E-state index is 0.707. The summed E-state index contributed by atoms with van der Waals surface area (Å²) in [6.07, 6.45) is 0. The number of anilines is 1. The third-order valence-electron chi connectivity index (χ3n) is 2.23. The summed E-state index contributed by atoms with van der Waals surface area (Å²) in [5.74, 6) is 0. The molecule has 0 bridgehead atoms. The van der Waals surface area contributed by atoms with Gasteiger partial charge in [0.1, 0.15) is 0 Å². The maximum absolute atomic E-state index is 6.01. The lowest BCUT2D eigenvalue weighted by atomic mass is 10.0. The molecule has 2 N–H and O–H groups in total. The first kappa shape index (κ1) is 10.6. The molecule has 0 aromatic heterocycles. The standard InChI is InChI=1S/C12H10BrNS/c13-9-6-7-10(15)12(14)11(9)8-4-2-1-3-5-8/h1-7,15H,14H2. The van der Waals surface area contributed by atoms with Gasteiger partial charge in [0.15, 0.2) is 0 Å². The van der Waals surface area contributed by atoms with Gasteiger partial charge in [0.25, 0.3) is 0 Å². The summed E-state index contributed by atoms with van der Waals surface area (Å²) in [7, 11) is 0. The van der Waals surface area contributed by atoms with Gasteiger partial charge in [-0.1, -0.05) is 46.3 Å². The second-order valence-corrected chi connectivity index (χ2v) is 4.56. The minimum Gasteiger partial charge on any atom is -0.397 e. The molecular formula is C12H10BrNS. The maximum atomic E-state index is 6.01. The predicted molar refractivity (Wildman–Crippen MR) is 71.2 cm³/mol. The lowest BCUT2D eigenvalue weighted by Gasteiger charge is -2.10. The lowest BCUT2D eigenvalue weighted by Crippen LogP contribution is -1.92. The van der Waals surface area contributed by atoms with Gasteiger partial charge in [-0.15, -0.1) is 12.6 Å². The van der Waals surface area contributed by atoms with Crippen LogP contribution in [0.4, 0.5) is 5.69 Å².